The van der Waals surface area contributed by atoms with Gasteiger partial charge in [-0.05, 0) is 54.3 Å². The molecule has 0 radical (unpaired) electrons. The second-order valence-electron chi connectivity index (χ2n) is 7.49. The van der Waals surface area contributed by atoms with Crippen molar-refractivity contribution in [1.82, 2.24) is 20.6 Å². The predicted molar refractivity (Wildman–Crippen MR) is 129 cm³/mol. The zero-order valence-corrected chi connectivity index (χ0v) is 19.0. The Labute approximate surface area is 198 Å². The molecule has 1 heterocycles. The van der Waals surface area contributed by atoms with E-state index in [2.05, 4.69) is 20.6 Å². The lowest BCUT2D eigenvalue weighted by Crippen LogP contribution is -2.40. The largest absolute Gasteiger partial charge is 0.497 e. The summed E-state index contributed by atoms with van der Waals surface area (Å²) in [5, 5.41) is 5.82. The fourth-order valence-electron chi connectivity index (χ4n) is 3.57. The van der Waals surface area contributed by atoms with Gasteiger partial charge >= 0.3 is 6.03 Å². The van der Waals surface area contributed by atoms with Gasteiger partial charge < -0.3 is 20.4 Å². The van der Waals surface area contributed by atoms with Crippen LogP contribution in [0.2, 0.25) is 0 Å². The minimum Gasteiger partial charge on any atom is -0.497 e. The third kappa shape index (κ3) is 6.23. The number of ether oxygens (including phenoxy) is 1. The summed E-state index contributed by atoms with van der Waals surface area (Å²) >= 11 is 0. The molecule has 1 aromatic heterocycles. The van der Waals surface area contributed by atoms with Crippen LogP contribution in [0.3, 0.4) is 0 Å². The second kappa shape index (κ2) is 11.3. The lowest BCUT2D eigenvalue weighted by atomic mass is 10.1. The Balaban J connectivity index is 0.00000306. The molecule has 2 amide bonds. The molecule has 4 rings (SSSR count). The molecule has 0 spiro atoms. The van der Waals surface area contributed by atoms with Gasteiger partial charge in [-0.1, -0.05) is 42.5 Å². The number of hydrogen-bond donors (Lipinski definition) is 3. The summed E-state index contributed by atoms with van der Waals surface area (Å²) < 4.78 is 19.0. The molecule has 0 saturated carbocycles. The van der Waals surface area contributed by atoms with Gasteiger partial charge in [0.2, 0.25) is 0 Å². The van der Waals surface area contributed by atoms with Gasteiger partial charge in [-0.3, -0.25) is 0 Å². The molecular formula is C25H26ClFN4O2. The minimum atomic E-state index is -0.371. The summed E-state index contributed by atoms with van der Waals surface area (Å²) in [5.41, 5.74) is 3.34. The molecule has 0 aliphatic heterocycles. The second-order valence-corrected chi connectivity index (χ2v) is 7.49. The fourth-order valence-corrected chi connectivity index (χ4v) is 3.57. The van der Waals surface area contributed by atoms with E-state index in [9.17, 15) is 9.18 Å². The van der Waals surface area contributed by atoms with Crippen molar-refractivity contribution in [2.45, 2.75) is 18.9 Å². The van der Waals surface area contributed by atoms with Crippen LogP contribution >= 0.6 is 12.4 Å². The zero-order chi connectivity index (χ0) is 22.3. The molecule has 0 fully saturated rings. The predicted octanol–water partition coefficient (Wildman–Crippen LogP) is 4.96. The number of methoxy groups -OCH3 is 1. The number of benzene rings is 3. The van der Waals surface area contributed by atoms with Crippen LogP contribution in [0.15, 0.2) is 72.8 Å². The molecular weight excluding hydrogens is 443 g/mol. The van der Waals surface area contributed by atoms with Gasteiger partial charge in [-0.15, -0.1) is 12.4 Å². The maximum absolute atomic E-state index is 13.8. The summed E-state index contributed by atoms with van der Waals surface area (Å²) in [6.45, 7) is 0.322. The number of carbonyl (C=O) groups is 1. The monoisotopic (exact) mass is 468 g/mol. The number of nitrogens with one attached hydrogen (secondary N) is 3. The van der Waals surface area contributed by atoms with Gasteiger partial charge in [0.25, 0.3) is 0 Å². The molecule has 33 heavy (non-hydrogen) atoms. The molecule has 0 saturated heterocycles. The fraction of sp³-hybridized carbons (Fsp3) is 0.200. The zero-order valence-electron chi connectivity index (χ0n) is 18.2. The number of urea groups is 1. The number of halogens is 2. The topological polar surface area (TPSA) is 79.0 Å². The minimum absolute atomic E-state index is 0. The van der Waals surface area contributed by atoms with Gasteiger partial charge in [-0.25, -0.2) is 14.2 Å². The van der Waals surface area contributed by atoms with Crippen LogP contribution in [0.5, 0.6) is 5.75 Å². The highest BCUT2D eigenvalue weighted by Gasteiger charge is 2.19. The number of fused-ring (bicyclic) bond motifs is 1. The lowest BCUT2D eigenvalue weighted by Gasteiger charge is -2.18. The molecule has 8 heteroatoms. The molecule has 6 nitrogen and oxygen atoms in total. The number of aromatic nitrogens is 2. The van der Waals surface area contributed by atoms with E-state index in [1.54, 1.807) is 25.3 Å². The van der Waals surface area contributed by atoms with E-state index < -0.39 is 0 Å². The van der Waals surface area contributed by atoms with E-state index in [0.29, 0.717) is 30.8 Å². The van der Waals surface area contributed by atoms with E-state index in [1.807, 2.05) is 48.5 Å². The first kappa shape index (κ1) is 24.1. The smallest absolute Gasteiger partial charge is 0.315 e. The van der Waals surface area contributed by atoms with Crippen molar-refractivity contribution < 1.29 is 13.9 Å². The van der Waals surface area contributed by atoms with Crippen molar-refractivity contribution in [1.29, 1.82) is 0 Å². The standard InChI is InChI=1S/C25H25FN4O2.ClH/c1-32-19-12-10-17(11-13-19)16-23(24-28-21-8-4-5-9-22(21)29-24)30-25(31)27-15-14-18-6-2-3-7-20(18)26;/h2-13,23H,14-16H2,1H3,(H,28,29)(H2,27,30,31);1H. The Morgan fingerprint density at radius 2 is 1.79 bits per heavy atom. The molecule has 3 aromatic carbocycles. The Kier molecular flexibility index (Phi) is 8.27. The number of nitrogens with zero attached hydrogens (tertiary/aromatic N) is 1. The van der Waals surface area contributed by atoms with Crippen LogP contribution in [-0.2, 0) is 12.8 Å². The lowest BCUT2D eigenvalue weighted by molar-refractivity contribution is 0.236. The van der Waals surface area contributed by atoms with Gasteiger partial charge in [0.05, 0.1) is 24.2 Å². The molecule has 0 aliphatic rings. The third-order valence-corrected chi connectivity index (χ3v) is 5.28. The van der Waals surface area contributed by atoms with E-state index in [4.69, 9.17) is 4.74 Å². The Morgan fingerprint density at radius 3 is 2.52 bits per heavy atom. The van der Waals surface area contributed by atoms with E-state index in [0.717, 1.165) is 22.3 Å². The van der Waals surface area contributed by atoms with E-state index >= 15 is 0 Å². The molecule has 0 aliphatic carbocycles. The average molecular weight is 469 g/mol. The number of carbonyl (C=O) groups excluding carboxylic acids is 1. The number of aromatic amines is 1. The normalized spacial score (nSPS) is 11.5. The van der Waals surface area contributed by atoms with E-state index in [-0.39, 0.29) is 30.3 Å². The summed E-state index contributed by atoms with van der Waals surface area (Å²) in [4.78, 5) is 20.6. The van der Waals surface area contributed by atoms with Crippen LogP contribution in [0.25, 0.3) is 11.0 Å². The van der Waals surface area contributed by atoms with E-state index in [1.165, 1.54) is 6.07 Å². The maximum Gasteiger partial charge on any atom is 0.315 e. The van der Waals surface area contributed by atoms with Gasteiger partial charge in [0.1, 0.15) is 17.4 Å². The van der Waals surface area contributed by atoms with Crippen molar-refractivity contribution in [3.05, 3.63) is 95.6 Å². The Morgan fingerprint density at radius 1 is 1.06 bits per heavy atom. The quantitative estimate of drug-likeness (QED) is 0.342. The van der Waals surface area contributed by atoms with Gasteiger partial charge in [0.15, 0.2) is 0 Å². The first-order valence-corrected chi connectivity index (χ1v) is 10.5. The molecule has 4 aromatic rings. The van der Waals surface area contributed by atoms with Crippen molar-refractivity contribution in [3.63, 3.8) is 0 Å². The molecule has 172 valence electrons. The number of para-hydroxylation sites is 2. The molecule has 1 unspecified atom stereocenters. The maximum atomic E-state index is 13.8. The van der Waals surface area contributed by atoms with Crippen molar-refractivity contribution in [3.8, 4) is 5.75 Å². The highest BCUT2D eigenvalue weighted by molar-refractivity contribution is 5.85. The molecule has 3 N–H and O–H groups in total. The first-order chi connectivity index (χ1) is 15.6. The SMILES string of the molecule is COc1ccc(CC(NC(=O)NCCc2ccccc2F)c2nc3ccccc3[nH]2)cc1.Cl. The number of amides is 2. The Hall–Kier alpha value is -3.58. The van der Waals surface area contributed by atoms with Crippen molar-refractivity contribution in [2.24, 2.45) is 0 Å². The first-order valence-electron chi connectivity index (χ1n) is 10.5. The number of hydrogen-bond acceptors (Lipinski definition) is 3. The van der Waals surface area contributed by atoms with Crippen LogP contribution in [0.4, 0.5) is 9.18 Å². The average Bonchev–Trinajstić information content (AvgIpc) is 3.25. The van der Waals surface area contributed by atoms with Crippen LogP contribution in [-0.4, -0.2) is 29.7 Å². The van der Waals surface area contributed by atoms with Crippen LogP contribution in [0, 0.1) is 5.82 Å². The summed E-state index contributed by atoms with van der Waals surface area (Å²) in [7, 11) is 1.62. The highest BCUT2D eigenvalue weighted by atomic mass is 35.5. The molecule has 0 bridgehead atoms. The van der Waals surface area contributed by atoms with Crippen LogP contribution in [0.1, 0.15) is 23.0 Å². The Bertz CT molecular complexity index is 1160. The summed E-state index contributed by atoms with van der Waals surface area (Å²) in [6, 6.07) is 21.3. The third-order valence-electron chi connectivity index (χ3n) is 5.28. The van der Waals surface area contributed by atoms with Gasteiger partial charge in [0, 0.05) is 6.54 Å². The summed E-state index contributed by atoms with van der Waals surface area (Å²) in [5.74, 6) is 1.17. The highest BCUT2D eigenvalue weighted by Crippen LogP contribution is 2.21. The van der Waals surface area contributed by atoms with Crippen molar-refractivity contribution in [2.75, 3.05) is 13.7 Å². The molecule has 1 atom stereocenters. The van der Waals surface area contributed by atoms with Crippen LogP contribution < -0.4 is 15.4 Å². The number of imidazole rings is 1. The van der Waals surface area contributed by atoms with Gasteiger partial charge in [-0.2, -0.15) is 0 Å². The van der Waals surface area contributed by atoms with Crippen molar-refractivity contribution >= 4 is 29.5 Å². The summed E-state index contributed by atoms with van der Waals surface area (Å²) in [6.07, 6.45) is 0.957. The number of H-pyrrole nitrogens is 1. The number of rotatable bonds is 8.